The third kappa shape index (κ3) is 9.04. The zero-order valence-electron chi connectivity index (χ0n) is 29.9. The Kier molecular flexibility index (Phi) is 12.6. The van der Waals surface area contributed by atoms with E-state index in [0.29, 0.717) is 17.5 Å². The van der Waals surface area contributed by atoms with Crippen LogP contribution in [0.5, 0.6) is 0 Å². The molecule has 0 amide bonds. The van der Waals surface area contributed by atoms with Crippen molar-refractivity contribution >= 4 is 47.4 Å². The lowest BCUT2D eigenvalue weighted by molar-refractivity contribution is -0.203. The molecular formula is C41H37N3O10S2. The number of azide groups is 1. The van der Waals surface area contributed by atoms with Crippen LogP contribution >= 0.6 is 23.5 Å². The molecule has 0 unspecified atom stereocenters. The van der Waals surface area contributed by atoms with Gasteiger partial charge in [-0.3, -0.25) is 0 Å². The van der Waals surface area contributed by atoms with Gasteiger partial charge in [-0.25, -0.2) is 19.2 Å². The first-order valence-electron chi connectivity index (χ1n) is 18.0. The highest BCUT2D eigenvalue weighted by Crippen LogP contribution is 2.55. The van der Waals surface area contributed by atoms with Crippen molar-refractivity contribution in [3.63, 3.8) is 0 Å². The number of esters is 4. The molecular weight excluding hydrogens is 759 g/mol. The van der Waals surface area contributed by atoms with Gasteiger partial charge in [0.2, 0.25) is 0 Å². The summed E-state index contributed by atoms with van der Waals surface area (Å²) in [6.45, 7) is -0.376. The van der Waals surface area contributed by atoms with Crippen molar-refractivity contribution in [2.75, 3.05) is 18.1 Å². The van der Waals surface area contributed by atoms with E-state index in [1.807, 2.05) is 0 Å². The molecule has 2 heterocycles. The van der Waals surface area contributed by atoms with Crippen LogP contribution in [0.4, 0.5) is 0 Å². The molecule has 1 aliphatic carbocycles. The van der Waals surface area contributed by atoms with Gasteiger partial charge >= 0.3 is 23.9 Å². The maximum atomic E-state index is 13.6. The number of nitrogens with zero attached hydrogens (tertiary/aromatic N) is 3. The molecule has 0 radical (unpaired) electrons. The van der Waals surface area contributed by atoms with Crippen LogP contribution in [0.25, 0.3) is 10.4 Å². The number of rotatable bonds is 12. The molecule has 2 aliphatic heterocycles. The Morgan fingerprint density at radius 1 is 0.679 bits per heavy atom. The van der Waals surface area contributed by atoms with E-state index in [2.05, 4.69) is 10.0 Å². The van der Waals surface area contributed by atoms with Gasteiger partial charge in [0.15, 0.2) is 18.5 Å². The molecule has 0 bridgehead atoms. The van der Waals surface area contributed by atoms with Crippen molar-refractivity contribution in [3.05, 3.63) is 154 Å². The first-order chi connectivity index (χ1) is 27.3. The Hall–Kier alpha value is -5.31. The second kappa shape index (κ2) is 18.1. The standard InChI is InChI=1S/C41H37N3O10S2/c42-44-43-31-23-30(24-41(55-21-22-56-41)35(31)54-39(48)29-19-11-4-12-20-29)50-40-34(53-38(47)28-17-9-3-10-18-28)33(52-37(46)27-15-7-2-8-16-27)32(51-40)25-49-36(45)26-13-5-1-6-14-26/h1-20,30-35,40H,21-25H2/t30-,31-,32-,33-,34+,35+,40+/m1/s1. The highest BCUT2D eigenvalue weighted by Gasteiger charge is 2.57. The lowest BCUT2D eigenvalue weighted by atomic mass is 9.89. The van der Waals surface area contributed by atoms with E-state index in [9.17, 15) is 24.7 Å². The molecule has 4 aromatic rings. The summed E-state index contributed by atoms with van der Waals surface area (Å²) in [6.07, 6.45) is -6.07. The van der Waals surface area contributed by atoms with Crippen molar-refractivity contribution in [1.29, 1.82) is 0 Å². The van der Waals surface area contributed by atoms with Gasteiger partial charge in [-0.2, -0.15) is 0 Å². The number of carbonyl (C=O) groups excluding carboxylic acids is 4. The average Bonchev–Trinajstić information content (AvgIpc) is 3.83. The summed E-state index contributed by atoms with van der Waals surface area (Å²) in [4.78, 5) is 56.7. The Morgan fingerprint density at radius 3 is 1.64 bits per heavy atom. The maximum absolute atomic E-state index is 13.6. The summed E-state index contributed by atoms with van der Waals surface area (Å²) >= 11 is 3.19. The Labute approximate surface area is 330 Å². The molecule has 4 aromatic carbocycles. The summed E-state index contributed by atoms with van der Waals surface area (Å²) < 4.78 is 36.2. The van der Waals surface area contributed by atoms with Crippen LogP contribution in [0.1, 0.15) is 54.3 Å². The highest BCUT2D eigenvalue weighted by molar-refractivity contribution is 8.21. The van der Waals surface area contributed by atoms with Crippen LogP contribution in [-0.2, 0) is 28.4 Å². The van der Waals surface area contributed by atoms with Crippen molar-refractivity contribution in [1.82, 2.24) is 0 Å². The van der Waals surface area contributed by atoms with E-state index in [0.717, 1.165) is 11.5 Å². The second-order valence-electron chi connectivity index (χ2n) is 13.2. The number of ether oxygens (including phenoxy) is 6. The number of benzene rings is 4. The van der Waals surface area contributed by atoms with Crippen molar-refractivity contribution < 1.29 is 47.6 Å². The van der Waals surface area contributed by atoms with Crippen molar-refractivity contribution in [3.8, 4) is 0 Å². The highest BCUT2D eigenvalue weighted by atomic mass is 32.2. The second-order valence-corrected chi connectivity index (χ2v) is 16.3. The summed E-state index contributed by atoms with van der Waals surface area (Å²) in [7, 11) is 0. The van der Waals surface area contributed by atoms with Crippen LogP contribution in [0.2, 0.25) is 0 Å². The van der Waals surface area contributed by atoms with E-state index < -0.39 is 70.8 Å². The monoisotopic (exact) mass is 795 g/mol. The molecule has 288 valence electrons. The maximum Gasteiger partial charge on any atom is 0.338 e. The first-order valence-corrected chi connectivity index (χ1v) is 19.9. The van der Waals surface area contributed by atoms with Gasteiger partial charge in [0.1, 0.15) is 22.9 Å². The van der Waals surface area contributed by atoms with Gasteiger partial charge in [-0.1, -0.05) is 77.9 Å². The molecule has 56 heavy (non-hydrogen) atoms. The Morgan fingerprint density at radius 2 is 1.14 bits per heavy atom. The Balaban J connectivity index is 1.18. The quantitative estimate of drug-likeness (QED) is 0.0462. The minimum absolute atomic E-state index is 0.126. The van der Waals surface area contributed by atoms with E-state index in [4.69, 9.17) is 28.4 Å². The fourth-order valence-corrected chi connectivity index (χ4v) is 10.4. The molecule has 7 rings (SSSR count). The summed E-state index contributed by atoms with van der Waals surface area (Å²) in [6, 6.07) is 32.7. The zero-order chi connectivity index (χ0) is 38.9. The molecule has 3 aliphatic rings. The van der Waals surface area contributed by atoms with Gasteiger partial charge in [-0.05, 0) is 60.5 Å². The van der Waals surface area contributed by atoms with E-state index in [-0.39, 0.29) is 24.2 Å². The number of carbonyl (C=O) groups is 4. The van der Waals surface area contributed by atoms with Gasteiger partial charge in [0.25, 0.3) is 0 Å². The van der Waals surface area contributed by atoms with E-state index in [1.165, 1.54) is 0 Å². The van der Waals surface area contributed by atoms with Crippen LogP contribution in [0.3, 0.4) is 0 Å². The van der Waals surface area contributed by atoms with E-state index >= 15 is 0 Å². The van der Waals surface area contributed by atoms with E-state index in [1.54, 1.807) is 145 Å². The first kappa shape index (κ1) is 38.9. The van der Waals surface area contributed by atoms with Crippen molar-refractivity contribution in [2.24, 2.45) is 5.11 Å². The molecule has 1 spiro atoms. The van der Waals surface area contributed by atoms with Crippen LogP contribution < -0.4 is 0 Å². The molecule has 15 heteroatoms. The summed E-state index contributed by atoms with van der Waals surface area (Å²) in [5.74, 6) is -1.11. The van der Waals surface area contributed by atoms with Gasteiger partial charge in [0.05, 0.1) is 34.4 Å². The number of hydrogen-bond acceptors (Lipinski definition) is 13. The average molecular weight is 796 g/mol. The molecule has 3 fully saturated rings. The van der Waals surface area contributed by atoms with Gasteiger partial charge in [-0.15, -0.1) is 23.5 Å². The number of thioether (sulfide) groups is 2. The molecule has 2 saturated heterocycles. The van der Waals surface area contributed by atoms with Gasteiger partial charge in [0, 0.05) is 22.8 Å². The number of hydrogen-bond donors (Lipinski definition) is 0. The zero-order valence-corrected chi connectivity index (χ0v) is 31.5. The topological polar surface area (TPSA) is 172 Å². The van der Waals surface area contributed by atoms with Crippen LogP contribution in [-0.4, -0.2) is 88.9 Å². The molecule has 1 saturated carbocycles. The minimum atomic E-state index is -1.33. The molecule has 7 atom stereocenters. The normalized spacial score (nSPS) is 25.0. The minimum Gasteiger partial charge on any atom is -0.459 e. The predicted octanol–water partition coefficient (Wildman–Crippen LogP) is 7.28. The third-order valence-corrected chi connectivity index (χ3v) is 13.1. The Bertz CT molecular complexity index is 2030. The molecule has 0 aromatic heterocycles. The van der Waals surface area contributed by atoms with Crippen LogP contribution in [0, 0.1) is 0 Å². The summed E-state index contributed by atoms with van der Waals surface area (Å²) in [5, 5.41) is 4.09. The van der Waals surface area contributed by atoms with Gasteiger partial charge < -0.3 is 28.4 Å². The van der Waals surface area contributed by atoms with Crippen molar-refractivity contribution in [2.45, 2.75) is 59.8 Å². The fourth-order valence-electron chi connectivity index (χ4n) is 6.90. The predicted molar refractivity (Wildman–Crippen MR) is 207 cm³/mol. The smallest absolute Gasteiger partial charge is 0.338 e. The molecule has 13 nitrogen and oxygen atoms in total. The lowest BCUT2D eigenvalue weighted by Crippen LogP contribution is -2.54. The lowest BCUT2D eigenvalue weighted by Gasteiger charge is -2.45. The largest absolute Gasteiger partial charge is 0.459 e. The SMILES string of the molecule is [N-]=[N+]=N[C@@H]1C[C@@H](O[C@H]2O[C@H](COC(=O)c3ccccc3)[C@@H](OC(=O)c3ccccc3)[C@@H]2OC(=O)c2ccccc2)CC2(SCCS2)[C@H]1OC(=O)c1ccccc1. The third-order valence-electron chi connectivity index (χ3n) is 9.51. The summed E-state index contributed by atoms with van der Waals surface area (Å²) in [5.41, 5.74) is 10.8. The molecule has 0 N–H and O–H groups in total. The van der Waals surface area contributed by atoms with Crippen LogP contribution in [0.15, 0.2) is 126 Å². The fraction of sp³-hybridized carbons (Fsp3) is 0.317.